The third kappa shape index (κ3) is 7.69. The zero-order chi connectivity index (χ0) is 15.0. The molecule has 1 aromatic carbocycles. The van der Waals surface area contributed by atoms with Gasteiger partial charge in [0.15, 0.2) is 0 Å². The first-order chi connectivity index (χ1) is 9.37. The van der Waals surface area contributed by atoms with Crippen LogP contribution in [-0.2, 0) is 25.7 Å². The molecule has 0 fully saturated rings. The normalized spacial score (nSPS) is 11.2. The van der Waals surface area contributed by atoms with E-state index in [1.165, 1.54) is 0 Å². The Morgan fingerprint density at radius 3 is 2.35 bits per heavy atom. The minimum absolute atomic E-state index is 0.160. The van der Waals surface area contributed by atoms with Gasteiger partial charge in [0.25, 0.3) is 0 Å². The average Bonchev–Trinajstić information content (AvgIpc) is 2.33. The van der Waals surface area contributed by atoms with Crippen LogP contribution in [0.15, 0.2) is 30.3 Å². The molecule has 1 aromatic rings. The Hall–Kier alpha value is -1.68. The summed E-state index contributed by atoms with van der Waals surface area (Å²) >= 11 is 0. The lowest BCUT2D eigenvalue weighted by Gasteiger charge is -2.19. The third-order valence-corrected chi connectivity index (χ3v) is 2.40. The second-order valence-electron chi connectivity index (χ2n) is 5.59. The minimum atomic E-state index is -0.554. The second kappa shape index (κ2) is 7.80. The SMILES string of the molecule is CC(C)(C)OC(=O)CC(=O)CCOCc1ccccc1. The van der Waals surface area contributed by atoms with Crippen molar-refractivity contribution in [2.75, 3.05) is 6.61 Å². The van der Waals surface area contributed by atoms with E-state index >= 15 is 0 Å². The summed E-state index contributed by atoms with van der Waals surface area (Å²) in [6, 6.07) is 9.73. The number of carbonyl (C=O) groups excluding carboxylic acids is 2. The van der Waals surface area contributed by atoms with Gasteiger partial charge in [-0.1, -0.05) is 30.3 Å². The zero-order valence-electron chi connectivity index (χ0n) is 12.3. The fourth-order valence-electron chi connectivity index (χ4n) is 1.58. The van der Waals surface area contributed by atoms with E-state index in [-0.39, 0.29) is 18.6 Å². The van der Waals surface area contributed by atoms with Gasteiger partial charge in [0.1, 0.15) is 17.8 Å². The Morgan fingerprint density at radius 2 is 1.75 bits per heavy atom. The van der Waals surface area contributed by atoms with Gasteiger partial charge < -0.3 is 9.47 Å². The molecule has 1 rings (SSSR count). The van der Waals surface area contributed by atoms with Gasteiger partial charge in [0, 0.05) is 6.42 Å². The molecule has 0 saturated carbocycles. The van der Waals surface area contributed by atoms with E-state index in [1.807, 2.05) is 30.3 Å². The van der Waals surface area contributed by atoms with Crippen LogP contribution in [0.25, 0.3) is 0 Å². The fraction of sp³-hybridized carbons (Fsp3) is 0.500. The van der Waals surface area contributed by atoms with Crippen molar-refractivity contribution >= 4 is 11.8 Å². The summed E-state index contributed by atoms with van der Waals surface area (Å²) in [5, 5.41) is 0. The molecule has 4 heteroatoms. The molecule has 4 nitrogen and oxygen atoms in total. The van der Waals surface area contributed by atoms with Gasteiger partial charge in [-0.25, -0.2) is 0 Å². The van der Waals surface area contributed by atoms with Crippen LogP contribution in [0.1, 0.15) is 39.2 Å². The van der Waals surface area contributed by atoms with E-state index in [9.17, 15) is 9.59 Å². The molecule has 0 aliphatic heterocycles. The Kier molecular flexibility index (Phi) is 6.39. The van der Waals surface area contributed by atoms with Crippen LogP contribution < -0.4 is 0 Å². The van der Waals surface area contributed by atoms with Gasteiger partial charge in [-0.15, -0.1) is 0 Å². The van der Waals surface area contributed by atoms with E-state index in [4.69, 9.17) is 9.47 Å². The minimum Gasteiger partial charge on any atom is -0.460 e. The molecule has 0 bridgehead atoms. The number of esters is 1. The fourth-order valence-corrected chi connectivity index (χ4v) is 1.58. The number of benzene rings is 1. The van der Waals surface area contributed by atoms with E-state index in [0.29, 0.717) is 13.2 Å². The van der Waals surface area contributed by atoms with Crippen LogP contribution in [0.3, 0.4) is 0 Å². The molecule has 0 N–H and O–H groups in total. The van der Waals surface area contributed by atoms with Gasteiger partial charge in [-0.3, -0.25) is 9.59 Å². The molecule has 0 radical (unpaired) electrons. The van der Waals surface area contributed by atoms with Crippen molar-refractivity contribution in [3.05, 3.63) is 35.9 Å². The topological polar surface area (TPSA) is 52.6 Å². The predicted octanol–water partition coefficient (Wildman–Crippen LogP) is 2.89. The highest BCUT2D eigenvalue weighted by Gasteiger charge is 2.18. The highest BCUT2D eigenvalue weighted by atomic mass is 16.6. The van der Waals surface area contributed by atoms with E-state index < -0.39 is 11.6 Å². The maximum absolute atomic E-state index is 11.6. The van der Waals surface area contributed by atoms with Crippen molar-refractivity contribution < 1.29 is 19.1 Å². The van der Waals surface area contributed by atoms with Crippen molar-refractivity contribution in [2.24, 2.45) is 0 Å². The number of ether oxygens (including phenoxy) is 2. The quantitative estimate of drug-likeness (QED) is 0.437. The van der Waals surface area contributed by atoms with Gasteiger partial charge in [0.05, 0.1) is 13.2 Å². The maximum Gasteiger partial charge on any atom is 0.313 e. The summed E-state index contributed by atoms with van der Waals surface area (Å²) in [7, 11) is 0. The van der Waals surface area contributed by atoms with Crippen LogP contribution in [-0.4, -0.2) is 24.0 Å². The molecular weight excluding hydrogens is 256 g/mol. The lowest BCUT2D eigenvalue weighted by molar-refractivity contribution is -0.156. The molecule has 110 valence electrons. The number of rotatable bonds is 7. The van der Waals surface area contributed by atoms with Crippen molar-refractivity contribution in [3.63, 3.8) is 0 Å². The van der Waals surface area contributed by atoms with Crippen molar-refractivity contribution in [3.8, 4) is 0 Å². The van der Waals surface area contributed by atoms with E-state index in [1.54, 1.807) is 20.8 Å². The summed E-state index contributed by atoms with van der Waals surface area (Å²) in [6.07, 6.45) is 0.0397. The summed E-state index contributed by atoms with van der Waals surface area (Å²) in [4.78, 5) is 23.0. The van der Waals surface area contributed by atoms with Crippen LogP contribution in [0.2, 0.25) is 0 Å². The molecular formula is C16H22O4. The molecule has 0 unspecified atom stereocenters. The van der Waals surface area contributed by atoms with Gasteiger partial charge in [-0.2, -0.15) is 0 Å². The van der Waals surface area contributed by atoms with Gasteiger partial charge in [-0.05, 0) is 26.3 Å². The van der Waals surface area contributed by atoms with Crippen molar-refractivity contribution in [1.82, 2.24) is 0 Å². The van der Waals surface area contributed by atoms with E-state index in [2.05, 4.69) is 0 Å². The Bertz CT molecular complexity index is 432. The molecule has 0 aromatic heterocycles. The number of hydrogen-bond acceptors (Lipinski definition) is 4. The number of hydrogen-bond donors (Lipinski definition) is 0. The highest BCUT2D eigenvalue weighted by Crippen LogP contribution is 2.09. The molecule has 0 amide bonds. The number of carbonyl (C=O) groups is 2. The molecule has 0 aliphatic rings. The molecule has 0 aliphatic carbocycles. The lowest BCUT2D eigenvalue weighted by atomic mass is 10.2. The highest BCUT2D eigenvalue weighted by molar-refractivity contribution is 5.95. The van der Waals surface area contributed by atoms with Crippen molar-refractivity contribution in [2.45, 2.75) is 45.8 Å². The van der Waals surface area contributed by atoms with Crippen LogP contribution in [0, 0.1) is 0 Å². The summed E-state index contributed by atoms with van der Waals surface area (Å²) < 4.78 is 10.5. The largest absolute Gasteiger partial charge is 0.460 e. The number of Topliss-reactive ketones (excluding diaryl/α,β-unsaturated/α-hetero) is 1. The molecule has 20 heavy (non-hydrogen) atoms. The second-order valence-corrected chi connectivity index (χ2v) is 5.59. The molecule has 0 saturated heterocycles. The zero-order valence-corrected chi connectivity index (χ0v) is 12.3. The first-order valence-electron chi connectivity index (χ1n) is 6.72. The smallest absolute Gasteiger partial charge is 0.313 e. The molecule has 0 atom stereocenters. The monoisotopic (exact) mass is 278 g/mol. The van der Waals surface area contributed by atoms with Crippen LogP contribution in [0.4, 0.5) is 0 Å². The summed E-state index contributed by atoms with van der Waals surface area (Å²) in [6.45, 7) is 6.12. The summed E-state index contributed by atoms with van der Waals surface area (Å²) in [5.41, 5.74) is 0.508. The van der Waals surface area contributed by atoms with E-state index in [0.717, 1.165) is 5.56 Å². The van der Waals surface area contributed by atoms with Gasteiger partial charge in [0.2, 0.25) is 0 Å². The first kappa shape index (κ1) is 16.4. The standard InChI is InChI=1S/C16H22O4/c1-16(2,3)20-15(18)11-14(17)9-10-19-12-13-7-5-4-6-8-13/h4-8H,9-12H2,1-3H3. The molecule has 0 spiro atoms. The van der Waals surface area contributed by atoms with Crippen LogP contribution in [0.5, 0.6) is 0 Å². The van der Waals surface area contributed by atoms with Crippen LogP contribution >= 0.6 is 0 Å². The third-order valence-electron chi connectivity index (χ3n) is 2.40. The molecule has 0 heterocycles. The first-order valence-corrected chi connectivity index (χ1v) is 6.72. The van der Waals surface area contributed by atoms with Crippen molar-refractivity contribution in [1.29, 1.82) is 0 Å². The summed E-state index contributed by atoms with van der Waals surface area (Å²) in [5.74, 6) is -0.641. The lowest BCUT2D eigenvalue weighted by Crippen LogP contribution is -2.25. The Morgan fingerprint density at radius 1 is 1.10 bits per heavy atom. The van der Waals surface area contributed by atoms with Gasteiger partial charge >= 0.3 is 5.97 Å². The Balaban J connectivity index is 2.16. The maximum atomic E-state index is 11.6. The number of ketones is 1. The average molecular weight is 278 g/mol. The predicted molar refractivity (Wildman–Crippen MR) is 76.2 cm³/mol. The Labute approximate surface area is 120 Å².